The van der Waals surface area contributed by atoms with Crippen molar-refractivity contribution in [2.75, 3.05) is 6.79 Å². The highest BCUT2D eigenvalue weighted by Gasteiger charge is 2.48. The van der Waals surface area contributed by atoms with Crippen LogP contribution in [0.15, 0.2) is 109 Å². The summed E-state index contributed by atoms with van der Waals surface area (Å²) in [6.45, 7) is 2.40. The van der Waals surface area contributed by atoms with Crippen molar-refractivity contribution in [2.24, 2.45) is 0 Å². The van der Waals surface area contributed by atoms with E-state index in [2.05, 4.69) is 162 Å². The van der Waals surface area contributed by atoms with Gasteiger partial charge in [0.25, 0.3) is 0 Å². The minimum absolute atomic E-state index is 0.225. The van der Waals surface area contributed by atoms with E-state index >= 15 is 0 Å². The molecule has 0 aromatic heterocycles. The molecule has 1 heterocycles. The number of benzene rings is 5. The third-order valence-electron chi connectivity index (χ3n) is 7.68. The number of ether oxygens (including phenoxy) is 2. The van der Waals surface area contributed by atoms with Gasteiger partial charge in [0.2, 0.25) is 6.79 Å². The lowest BCUT2D eigenvalue weighted by Gasteiger charge is -2.34. The molecular weight excluding hydrogens is 748 g/mol. The van der Waals surface area contributed by atoms with E-state index in [-0.39, 0.29) is 6.79 Å². The molecule has 1 aliphatic heterocycles. The average Bonchev–Trinajstić information content (AvgIpc) is 3.47. The number of rotatable bonds is 3. The van der Waals surface area contributed by atoms with Gasteiger partial charge in [0.1, 0.15) is 0 Å². The molecule has 6 heteroatoms. The summed E-state index contributed by atoms with van der Waals surface area (Å²) in [6, 6.07) is 32.7. The molecule has 0 amide bonds. The van der Waals surface area contributed by atoms with Gasteiger partial charge in [-0.2, -0.15) is 0 Å². The van der Waals surface area contributed by atoms with Gasteiger partial charge in [0.15, 0.2) is 11.5 Å². The first-order valence-corrected chi connectivity index (χ1v) is 15.6. The van der Waals surface area contributed by atoms with Gasteiger partial charge >= 0.3 is 0 Å². The van der Waals surface area contributed by atoms with Crippen molar-refractivity contribution in [2.45, 2.75) is 12.3 Å². The molecule has 1 aliphatic carbocycles. The molecule has 0 saturated carbocycles. The first kappa shape index (κ1) is 25.6. The van der Waals surface area contributed by atoms with E-state index in [0.717, 1.165) is 51.6 Å². The van der Waals surface area contributed by atoms with Gasteiger partial charge in [-0.3, -0.25) is 0 Å². The quantitative estimate of drug-likeness (QED) is 0.179. The molecule has 0 spiro atoms. The predicted octanol–water partition coefficient (Wildman–Crippen LogP) is 10.8. The van der Waals surface area contributed by atoms with Gasteiger partial charge in [0, 0.05) is 17.9 Å². The van der Waals surface area contributed by atoms with Gasteiger partial charge in [-0.1, -0.05) is 106 Å². The van der Waals surface area contributed by atoms with E-state index in [4.69, 9.17) is 9.47 Å². The number of hydrogen-bond donors (Lipinski definition) is 0. The molecule has 7 rings (SSSR count). The molecule has 0 unspecified atom stereocenters. The molecule has 0 atom stereocenters. The Morgan fingerprint density at radius 2 is 1.13 bits per heavy atom. The van der Waals surface area contributed by atoms with Crippen molar-refractivity contribution in [3.05, 3.63) is 137 Å². The van der Waals surface area contributed by atoms with Crippen molar-refractivity contribution < 1.29 is 9.47 Å². The van der Waals surface area contributed by atoms with Crippen molar-refractivity contribution in [3.63, 3.8) is 0 Å². The Labute approximate surface area is 260 Å². The number of halogens is 4. The van der Waals surface area contributed by atoms with Crippen LogP contribution in [0.1, 0.15) is 27.8 Å². The molecule has 0 N–H and O–H groups in total. The molecular formula is C33H20Br4O2. The fraction of sp³-hybridized carbons (Fsp3) is 0.0909. The Balaban J connectivity index is 1.70. The molecule has 5 aromatic rings. The summed E-state index contributed by atoms with van der Waals surface area (Å²) in [5.74, 6) is 1.55. The number of aryl methyl sites for hydroxylation is 1. The van der Waals surface area contributed by atoms with Gasteiger partial charge < -0.3 is 9.47 Å². The second-order valence-electron chi connectivity index (χ2n) is 9.86. The minimum atomic E-state index is -0.622. The third-order valence-corrected chi connectivity index (χ3v) is 9.51. The second-order valence-corrected chi connectivity index (χ2v) is 13.5. The molecule has 2 aliphatic rings. The summed E-state index contributed by atoms with van der Waals surface area (Å²) in [5.41, 5.74) is 10.1. The van der Waals surface area contributed by atoms with Crippen LogP contribution in [-0.4, -0.2) is 6.79 Å². The summed E-state index contributed by atoms with van der Waals surface area (Å²) >= 11 is 15.1. The molecule has 0 fully saturated rings. The van der Waals surface area contributed by atoms with E-state index in [1.54, 1.807) is 0 Å². The zero-order chi connectivity index (χ0) is 26.9. The average molecular weight is 768 g/mol. The Kier molecular flexibility index (Phi) is 6.31. The lowest BCUT2D eigenvalue weighted by Crippen LogP contribution is -2.29. The van der Waals surface area contributed by atoms with E-state index in [0.29, 0.717) is 0 Å². The summed E-state index contributed by atoms with van der Waals surface area (Å²) in [4.78, 5) is 0. The van der Waals surface area contributed by atoms with Crippen LogP contribution in [0.4, 0.5) is 0 Å². The Hall–Kier alpha value is -2.38. The smallest absolute Gasteiger partial charge is 0.231 e. The molecule has 0 bridgehead atoms. The molecule has 0 radical (unpaired) electrons. The van der Waals surface area contributed by atoms with Crippen molar-refractivity contribution >= 4 is 63.7 Å². The predicted molar refractivity (Wildman–Crippen MR) is 171 cm³/mol. The Morgan fingerprint density at radius 1 is 0.564 bits per heavy atom. The molecule has 0 saturated heterocycles. The monoisotopic (exact) mass is 764 g/mol. The van der Waals surface area contributed by atoms with Crippen molar-refractivity contribution in [3.8, 4) is 33.8 Å². The van der Waals surface area contributed by atoms with Crippen LogP contribution in [0.3, 0.4) is 0 Å². The van der Waals surface area contributed by atoms with Crippen LogP contribution in [0.5, 0.6) is 11.5 Å². The molecule has 192 valence electrons. The maximum Gasteiger partial charge on any atom is 0.231 e. The highest BCUT2D eigenvalue weighted by molar-refractivity contribution is 9.11. The van der Waals surface area contributed by atoms with Gasteiger partial charge in [0.05, 0.1) is 5.41 Å². The van der Waals surface area contributed by atoms with Gasteiger partial charge in [-0.05, 0) is 106 Å². The van der Waals surface area contributed by atoms with Crippen molar-refractivity contribution in [1.29, 1.82) is 0 Å². The first-order valence-electron chi connectivity index (χ1n) is 12.4. The molecule has 2 nitrogen and oxygen atoms in total. The lowest BCUT2D eigenvalue weighted by molar-refractivity contribution is 0.174. The lowest BCUT2D eigenvalue weighted by atomic mass is 9.67. The van der Waals surface area contributed by atoms with E-state index < -0.39 is 5.41 Å². The zero-order valence-electron chi connectivity index (χ0n) is 20.7. The normalized spacial score (nSPS) is 14.3. The highest BCUT2D eigenvalue weighted by Crippen LogP contribution is 2.61. The summed E-state index contributed by atoms with van der Waals surface area (Å²) < 4.78 is 15.9. The van der Waals surface area contributed by atoms with Crippen LogP contribution in [0.25, 0.3) is 22.3 Å². The summed E-state index contributed by atoms with van der Waals surface area (Å²) in [5, 5.41) is 0. The standard InChI is InChI=1S/C33H20Br4O2/c1-18-5-2-3-6-25(18)26-7-4-8-28-32(26)27-15-30-31(39-17-38-30)16-29(27)33(28,19-9-21(34)13-22(35)10-19)20-11-23(36)14-24(37)12-20/h2-16H,17H2,1H3. The maximum atomic E-state index is 5.96. The number of hydrogen-bond acceptors (Lipinski definition) is 2. The summed E-state index contributed by atoms with van der Waals surface area (Å²) in [6.07, 6.45) is 0. The first-order chi connectivity index (χ1) is 18.9. The SMILES string of the molecule is Cc1ccccc1-c1cccc2c1-c1cc3c(cc1C2(c1cc(Br)cc(Br)c1)c1cc(Br)cc(Br)c1)OCO3. The van der Waals surface area contributed by atoms with Crippen molar-refractivity contribution in [1.82, 2.24) is 0 Å². The van der Waals surface area contributed by atoms with E-state index in [9.17, 15) is 0 Å². The Morgan fingerprint density at radius 3 is 1.74 bits per heavy atom. The third kappa shape index (κ3) is 3.98. The van der Waals surface area contributed by atoms with Crippen LogP contribution >= 0.6 is 63.7 Å². The van der Waals surface area contributed by atoms with E-state index in [1.165, 1.54) is 27.8 Å². The molecule has 39 heavy (non-hydrogen) atoms. The van der Waals surface area contributed by atoms with Gasteiger partial charge in [-0.15, -0.1) is 0 Å². The largest absolute Gasteiger partial charge is 0.454 e. The fourth-order valence-electron chi connectivity index (χ4n) is 6.19. The Bertz CT molecular complexity index is 1720. The van der Waals surface area contributed by atoms with Crippen LogP contribution in [-0.2, 0) is 5.41 Å². The topological polar surface area (TPSA) is 18.5 Å². The number of fused-ring (bicyclic) bond motifs is 4. The van der Waals surface area contributed by atoms with Crippen LogP contribution in [0, 0.1) is 6.92 Å². The minimum Gasteiger partial charge on any atom is -0.454 e. The fourth-order valence-corrected chi connectivity index (χ4v) is 8.78. The van der Waals surface area contributed by atoms with Gasteiger partial charge in [-0.25, -0.2) is 0 Å². The zero-order valence-corrected chi connectivity index (χ0v) is 27.0. The maximum absolute atomic E-state index is 5.96. The second kappa shape index (κ2) is 9.62. The van der Waals surface area contributed by atoms with Crippen LogP contribution < -0.4 is 9.47 Å². The summed E-state index contributed by atoms with van der Waals surface area (Å²) in [7, 11) is 0. The molecule has 5 aromatic carbocycles. The van der Waals surface area contributed by atoms with Crippen LogP contribution in [0.2, 0.25) is 0 Å². The van der Waals surface area contributed by atoms with E-state index in [1.807, 2.05) is 0 Å². The highest BCUT2D eigenvalue weighted by atomic mass is 79.9.